The van der Waals surface area contributed by atoms with Gasteiger partial charge < -0.3 is 27.4 Å². The zero-order chi connectivity index (χ0) is 24.4. The largest absolute Gasteiger partial charge is 0.359 e. The van der Waals surface area contributed by atoms with Crippen LogP contribution in [-0.2, 0) is 9.59 Å². The Bertz CT molecular complexity index is 361. The van der Waals surface area contributed by atoms with Crippen LogP contribution in [0.2, 0.25) is 0 Å². The lowest BCUT2D eigenvalue weighted by Crippen LogP contribution is -2.27. The van der Waals surface area contributed by atoms with E-state index < -0.39 is 0 Å². The first-order valence-corrected chi connectivity index (χ1v) is 11.3. The summed E-state index contributed by atoms with van der Waals surface area (Å²) in [5.41, 5.74) is 10.6. The van der Waals surface area contributed by atoms with E-state index in [0.717, 1.165) is 26.2 Å². The van der Waals surface area contributed by atoms with Crippen LogP contribution in [0.25, 0.3) is 0 Å². The van der Waals surface area contributed by atoms with Gasteiger partial charge in [-0.15, -0.1) is 0 Å². The Morgan fingerprint density at radius 1 is 0.844 bits per heavy atom. The second-order valence-corrected chi connectivity index (χ2v) is 7.46. The number of likely N-dealkylation sites (N-methyl/N-ethyl adjacent to an activating group) is 1. The van der Waals surface area contributed by atoms with Gasteiger partial charge in [-0.1, -0.05) is 82.2 Å². The van der Waals surface area contributed by atoms with Crippen LogP contribution in [0.5, 0.6) is 0 Å². The minimum atomic E-state index is -0.144. The number of nitrogens with one attached hydrogen (secondary N) is 3. The van der Waals surface area contributed by atoms with E-state index in [2.05, 4.69) is 64.1 Å². The van der Waals surface area contributed by atoms with Crippen LogP contribution in [0.15, 0.2) is 12.7 Å². The standard InChI is InChI=1S/C9H20N2O.2C5H13N.C4H7NO.2CH4/c1-4-8(2)7-11-6-5-9(12)10-3;2*1-3-5(2)4-6;1-3-4(6)5-2;;/h8,11H,4-7H2,1-3H3,(H,10,12);2*5H,3-4,6H2,1-2H3;3H,1H2,2H3,(H,5,6);2*1H4. The van der Waals surface area contributed by atoms with Gasteiger partial charge in [-0.2, -0.15) is 0 Å². The molecule has 0 saturated heterocycles. The number of hydrogen-bond donors (Lipinski definition) is 5. The molecule has 0 aliphatic carbocycles. The van der Waals surface area contributed by atoms with E-state index in [-0.39, 0.29) is 26.7 Å². The third kappa shape index (κ3) is 46.7. The van der Waals surface area contributed by atoms with E-state index in [9.17, 15) is 9.59 Å². The Kier molecular flexibility index (Phi) is 51.1. The highest BCUT2D eigenvalue weighted by Gasteiger charge is 1.99. The molecule has 0 radical (unpaired) electrons. The zero-order valence-corrected chi connectivity index (χ0v) is 21.1. The summed E-state index contributed by atoms with van der Waals surface area (Å²) < 4.78 is 0. The smallest absolute Gasteiger partial charge is 0.243 e. The molecule has 7 N–H and O–H groups in total. The summed E-state index contributed by atoms with van der Waals surface area (Å²) in [5, 5.41) is 8.19. The first kappa shape index (κ1) is 44.3. The summed E-state index contributed by atoms with van der Waals surface area (Å²) in [4.78, 5) is 20.7. The molecule has 3 unspecified atom stereocenters. The van der Waals surface area contributed by atoms with Gasteiger partial charge in [0.15, 0.2) is 0 Å². The van der Waals surface area contributed by atoms with Gasteiger partial charge in [0.2, 0.25) is 11.8 Å². The Labute approximate surface area is 201 Å². The van der Waals surface area contributed by atoms with Gasteiger partial charge in [0, 0.05) is 27.1 Å². The Balaban J connectivity index is -0.0000000732. The fourth-order valence-electron chi connectivity index (χ4n) is 1.26. The van der Waals surface area contributed by atoms with E-state index in [0.29, 0.717) is 24.2 Å². The van der Waals surface area contributed by atoms with Gasteiger partial charge in [-0.25, -0.2) is 0 Å². The van der Waals surface area contributed by atoms with Crippen LogP contribution >= 0.6 is 0 Å². The second-order valence-electron chi connectivity index (χ2n) is 7.46. The topological polar surface area (TPSA) is 122 Å². The van der Waals surface area contributed by atoms with Crippen LogP contribution in [0, 0.1) is 17.8 Å². The molecule has 0 aromatic carbocycles. The van der Waals surface area contributed by atoms with Crippen LogP contribution in [0.3, 0.4) is 0 Å². The summed E-state index contributed by atoms with van der Waals surface area (Å²) in [5.74, 6) is 2.09. The quantitative estimate of drug-likeness (QED) is 0.235. The van der Waals surface area contributed by atoms with Crippen molar-refractivity contribution in [3.63, 3.8) is 0 Å². The molecule has 3 atom stereocenters. The molecule has 198 valence electrons. The summed E-state index contributed by atoms with van der Waals surface area (Å²) in [6, 6.07) is 0. The number of carbonyl (C=O) groups is 2. The highest BCUT2D eigenvalue weighted by Crippen LogP contribution is 1.96. The molecule has 0 aromatic rings. The predicted octanol–water partition coefficient (Wildman–Crippen LogP) is 3.93. The molecule has 2 amide bonds. The molecule has 7 heteroatoms. The Morgan fingerprint density at radius 3 is 1.44 bits per heavy atom. The molecular weight excluding hydrogens is 402 g/mol. The molecule has 0 fully saturated rings. The minimum Gasteiger partial charge on any atom is -0.359 e. The van der Waals surface area contributed by atoms with Gasteiger partial charge in [0.1, 0.15) is 0 Å². The number of rotatable bonds is 11. The first-order valence-electron chi connectivity index (χ1n) is 11.3. The summed E-state index contributed by atoms with van der Waals surface area (Å²) in [7, 11) is 3.22. The Hall–Kier alpha value is -1.44. The number of hydrogen-bond acceptors (Lipinski definition) is 5. The lowest BCUT2D eigenvalue weighted by Gasteiger charge is -2.08. The van der Waals surface area contributed by atoms with Crippen LogP contribution in [-0.4, -0.2) is 52.1 Å². The maximum Gasteiger partial charge on any atom is 0.243 e. The number of carbonyl (C=O) groups excluding carboxylic acids is 2. The summed E-state index contributed by atoms with van der Waals surface area (Å²) in [6.45, 7) is 19.6. The maximum atomic E-state index is 10.8. The van der Waals surface area contributed by atoms with Gasteiger partial charge in [-0.05, 0) is 43.5 Å². The van der Waals surface area contributed by atoms with Gasteiger partial charge >= 0.3 is 0 Å². The predicted molar refractivity (Wildman–Crippen MR) is 146 cm³/mol. The highest BCUT2D eigenvalue weighted by molar-refractivity contribution is 5.86. The van der Waals surface area contributed by atoms with Gasteiger partial charge in [-0.3, -0.25) is 9.59 Å². The van der Waals surface area contributed by atoms with E-state index in [1.165, 1.54) is 25.3 Å². The third-order valence-corrected chi connectivity index (χ3v) is 4.63. The first-order chi connectivity index (χ1) is 14.1. The molecular formula is C25H61N5O2. The van der Waals surface area contributed by atoms with Gasteiger partial charge in [0.05, 0.1) is 0 Å². The van der Waals surface area contributed by atoms with E-state index in [1.54, 1.807) is 14.1 Å². The van der Waals surface area contributed by atoms with Crippen molar-refractivity contribution in [1.82, 2.24) is 16.0 Å². The van der Waals surface area contributed by atoms with E-state index >= 15 is 0 Å². The van der Waals surface area contributed by atoms with Crippen LogP contribution < -0.4 is 27.4 Å². The van der Waals surface area contributed by atoms with E-state index in [4.69, 9.17) is 11.5 Å². The van der Waals surface area contributed by atoms with Crippen molar-refractivity contribution in [1.29, 1.82) is 0 Å². The molecule has 0 aromatic heterocycles. The maximum absolute atomic E-state index is 10.8. The zero-order valence-electron chi connectivity index (χ0n) is 21.1. The molecule has 0 bridgehead atoms. The molecule has 0 heterocycles. The number of amides is 2. The van der Waals surface area contributed by atoms with Crippen LogP contribution in [0.1, 0.15) is 82.1 Å². The van der Waals surface area contributed by atoms with Crippen molar-refractivity contribution in [3.8, 4) is 0 Å². The molecule has 0 aliphatic rings. The average molecular weight is 464 g/mol. The van der Waals surface area contributed by atoms with Crippen molar-refractivity contribution >= 4 is 11.8 Å². The minimum absolute atomic E-state index is 0. The molecule has 0 aliphatic heterocycles. The summed E-state index contributed by atoms with van der Waals surface area (Å²) >= 11 is 0. The van der Waals surface area contributed by atoms with E-state index in [1.807, 2.05) is 0 Å². The highest BCUT2D eigenvalue weighted by atomic mass is 16.2. The summed E-state index contributed by atoms with van der Waals surface area (Å²) in [6.07, 6.45) is 5.40. The van der Waals surface area contributed by atoms with Crippen molar-refractivity contribution < 1.29 is 9.59 Å². The SMILES string of the molecule is C.C.C=CC(=O)NC.CCC(C)CN.CCC(C)CN.CCC(C)CNCCC(=O)NC. The average Bonchev–Trinajstić information content (AvgIpc) is 2.80. The van der Waals surface area contributed by atoms with Crippen molar-refractivity contribution in [2.24, 2.45) is 29.2 Å². The second kappa shape index (κ2) is 36.9. The monoisotopic (exact) mass is 463 g/mol. The molecule has 0 rings (SSSR count). The third-order valence-electron chi connectivity index (χ3n) is 4.63. The Morgan fingerprint density at radius 2 is 1.25 bits per heavy atom. The van der Waals surface area contributed by atoms with Gasteiger partial charge in [0.25, 0.3) is 0 Å². The molecule has 0 spiro atoms. The molecule has 0 saturated carbocycles. The fourth-order valence-corrected chi connectivity index (χ4v) is 1.26. The van der Waals surface area contributed by atoms with Crippen molar-refractivity contribution in [3.05, 3.63) is 12.7 Å². The fraction of sp³-hybridized carbons (Fsp3) is 0.840. The van der Waals surface area contributed by atoms with Crippen molar-refractivity contribution in [2.75, 3.05) is 40.3 Å². The van der Waals surface area contributed by atoms with Crippen LogP contribution in [0.4, 0.5) is 0 Å². The lowest BCUT2D eigenvalue weighted by molar-refractivity contribution is -0.120. The number of nitrogens with two attached hydrogens (primary N) is 2. The molecule has 7 nitrogen and oxygen atoms in total. The van der Waals surface area contributed by atoms with Crippen molar-refractivity contribution in [2.45, 2.75) is 82.1 Å². The molecule has 32 heavy (non-hydrogen) atoms. The normalized spacial score (nSPS) is 11.4. The lowest BCUT2D eigenvalue weighted by atomic mass is 10.1.